The van der Waals surface area contributed by atoms with Crippen LogP contribution in [0.5, 0.6) is 0 Å². The van der Waals surface area contributed by atoms with Gasteiger partial charge in [-0.15, -0.1) is 0 Å². The van der Waals surface area contributed by atoms with E-state index < -0.39 is 0 Å². The maximum atomic E-state index is 12.9. The van der Waals surface area contributed by atoms with Crippen LogP contribution in [0.25, 0.3) is 0 Å². The van der Waals surface area contributed by atoms with Gasteiger partial charge in [-0.2, -0.15) is 0 Å². The molecule has 4 aliphatic carbocycles. The van der Waals surface area contributed by atoms with Crippen molar-refractivity contribution in [1.82, 2.24) is 0 Å². The molecule has 0 bridgehead atoms. The number of carbonyl (C=O) groups excluding carboxylic acids is 1. The maximum Gasteiger partial charge on any atom is 0.306 e. The van der Waals surface area contributed by atoms with Crippen LogP contribution in [0.4, 0.5) is 0 Å². The van der Waals surface area contributed by atoms with Gasteiger partial charge >= 0.3 is 5.97 Å². The molecule has 2 nitrogen and oxygen atoms in total. The molecule has 0 aliphatic heterocycles. The zero-order chi connectivity index (χ0) is 40.2. The molecule has 4 aliphatic rings. The lowest BCUT2D eigenvalue weighted by atomic mass is 9.47. The third-order valence-corrected chi connectivity index (χ3v) is 16.8. The summed E-state index contributed by atoms with van der Waals surface area (Å²) < 4.78 is 6.17. The first-order valence-electron chi connectivity index (χ1n) is 25.7. The minimum atomic E-state index is 0.0632. The minimum Gasteiger partial charge on any atom is -0.462 e. The Balaban J connectivity index is 1.02. The topological polar surface area (TPSA) is 26.3 Å². The number of allylic oxidation sites excluding steroid dienone is 3. The monoisotopic (exact) mass is 777 g/mol. The van der Waals surface area contributed by atoms with E-state index in [1.165, 1.54) is 180 Å². The molecule has 324 valence electrons. The van der Waals surface area contributed by atoms with Crippen LogP contribution in [-0.2, 0) is 9.53 Å². The Morgan fingerprint density at radius 2 is 1.21 bits per heavy atom. The highest BCUT2D eigenvalue weighted by Gasteiger charge is 2.59. The van der Waals surface area contributed by atoms with E-state index in [-0.39, 0.29) is 12.1 Å². The third-order valence-electron chi connectivity index (χ3n) is 16.8. The van der Waals surface area contributed by atoms with Crippen molar-refractivity contribution in [3.63, 3.8) is 0 Å². The Morgan fingerprint density at radius 1 is 0.679 bits per heavy atom. The largest absolute Gasteiger partial charge is 0.462 e. The fourth-order valence-electron chi connectivity index (χ4n) is 13.0. The average Bonchev–Trinajstić information content (AvgIpc) is 3.54. The predicted octanol–water partition coefficient (Wildman–Crippen LogP) is 17.3. The molecule has 2 heteroatoms. The van der Waals surface area contributed by atoms with Crippen LogP contribution in [0.3, 0.4) is 0 Å². The van der Waals surface area contributed by atoms with Crippen molar-refractivity contribution in [2.24, 2.45) is 52.3 Å². The van der Waals surface area contributed by atoms with Gasteiger partial charge in [-0.1, -0.05) is 207 Å². The van der Waals surface area contributed by atoms with E-state index in [1.807, 2.05) is 0 Å². The van der Waals surface area contributed by atoms with Crippen LogP contribution < -0.4 is 0 Å². The predicted molar refractivity (Wildman–Crippen MR) is 244 cm³/mol. The second-order valence-electron chi connectivity index (χ2n) is 21.1. The van der Waals surface area contributed by atoms with E-state index in [2.05, 4.69) is 66.7 Å². The van der Waals surface area contributed by atoms with Crippen molar-refractivity contribution in [2.75, 3.05) is 0 Å². The highest BCUT2D eigenvalue weighted by atomic mass is 16.5. The molecule has 3 saturated carbocycles. The number of rotatable bonds is 29. The first kappa shape index (κ1) is 47.6. The molecule has 0 aromatic rings. The summed E-state index contributed by atoms with van der Waals surface area (Å²) in [5.74, 6) is 5.56. The molecule has 0 amide bonds. The molecule has 0 saturated heterocycles. The zero-order valence-electron chi connectivity index (χ0n) is 38.8. The molecule has 0 spiro atoms. The number of esters is 1. The van der Waals surface area contributed by atoms with Crippen LogP contribution in [0.2, 0.25) is 0 Å². The molecule has 9 unspecified atom stereocenters. The molecular formula is C54H96O2. The van der Waals surface area contributed by atoms with E-state index in [0.717, 1.165) is 48.9 Å². The lowest BCUT2D eigenvalue weighted by Gasteiger charge is -2.58. The summed E-state index contributed by atoms with van der Waals surface area (Å²) in [6.07, 6.45) is 50.7. The second kappa shape index (κ2) is 25.5. The summed E-state index contributed by atoms with van der Waals surface area (Å²) in [4.78, 5) is 12.9. The zero-order valence-corrected chi connectivity index (χ0v) is 38.8. The Kier molecular flexibility index (Phi) is 21.7. The van der Waals surface area contributed by atoms with E-state index >= 15 is 0 Å². The lowest BCUT2D eigenvalue weighted by molar-refractivity contribution is -0.151. The van der Waals surface area contributed by atoms with E-state index in [9.17, 15) is 4.79 Å². The van der Waals surface area contributed by atoms with Crippen LogP contribution in [0.15, 0.2) is 23.8 Å². The molecular weight excluding hydrogens is 681 g/mol. The van der Waals surface area contributed by atoms with Gasteiger partial charge in [0.1, 0.15) is 6.10 Å². The maximum absolute atomic E-state index is 12.9. The molecule has 0 radical (unpaired) electrons. The fourth-order valence-corrected chi connectivity index (χ4v) is 13.0. The van der Waals surface area contributed by atoms with Crippen molar-refractivity contribution >= 4 is 5.97 Å². The highest BCUT2D eigenvalue weighted by Crippen LogP contribution is 2.67. The summed E-state index contributed by atoms with van der Waals surface area (Å²) in [7, 11) is 0. The molecule has 3 fully saturated rings. The van der Waals surface area contributed by atoms with Crippen molar-refractivity contribution < 1.29 is 9.53 Å². The van der Waals surface area contributed by atoms with Crippen LogP contribution >= 0.6 is 0 Å². The van der Waals surface area contributed by atoms with Gasteiger partial charge in [-0.3, -0.25) is 4.79 Å². The first-order valence-corrected chi connectivity index (χ1v) is 25.7. The van der Waals surface area contributed by atoms with Gasteiger partial charge in [-0.05, 0) is 110 Å². The summed E-state index contributed by atoms with van der Waals surface area (Å²) in [6, 6.07) is 0. The van der Waals surface area contributed by atoms with Crippen molar-refractivity contribution in [3.8, 4) is 0 Å². The molecule has 0 heterocycles. The quantitative estimate of drug-likeness (QED) is 0.0430. The number of fused-ring (bicyclic) bond motifs is 5. The molecule has 9 atom stereocenters. The molecule has 56 heavy (non-hydrogen) atoms. The molecule has 4 rings (SSSR count). The van der Waals surface area contributed by atoms with Crippen LogP contribution in [0.1, 0.15) is 254 Å². The standard InChI is InChI=1S/C54H96O2/c1-8-10-11-12-13-14-15-16-17-18-19-20-21-22-23-24-25-26-27-28-29-30-31-52(55)56-47-38-40-53(6)46(42-47)34-35-48-50-37-36-49(54(50,7)41-39-51(48)53)44(5)32-33-45(9-2)43(3)4/h32-34,43-45,47-51H,8-31,35-42H2,1-7H3/b33-32+. The fraction of sp³-hybridized carbons (Fsp3) is 0.907. The Morgan fingerprint density at radius 3 is 1.73 bits per heavy atom. The molecule has 0 aromatic heterocycles. The Hall–Kier alpha value is -1.05. The van der Waals surface area contributed by atoms with E-state index in [1.54, 1.807) is 5.57 Å². The summed E-state index contributed by atoms with van der Waals surface area (Å²) in [5.41, 5.74) is 2.44. The highest BCUT2D eigenvalue weighted by molar-refractivity contribution is 5.69. The molecule has 0 aromatic carbocycles. The first-order chi connectivity index (χ1) is 27.1. The van der Waals surface area contributed by atoms with Crippen LogP contribution in [0, 0.1) is 52.3 Å². The minimum absolute atomic E-state index is 0.0632. The normalized spacial score (nSPS) is 29.9. The van der Waals surface area contributed by atoms with Gasteiger partial charge < -0.3 is 4.74 Å². The van der Waals surface area contributed by atoms with E-state index in [4.69, 9.17) is 4.74 Å². The average molecular weight is 777 g/mol. The number of hydrogen-bond acceptors (Lipinski definition) is 2. The van der Waals surface area contributed by atoms with Gasteiger partial charge in [0.2, 0.25) is 0 Å². The van der Waals surface area contributed by atoms with Gasteiger partial charge in [0.05, 0.1) is 0 Å². The lowest BCUT2D eigenvalue weighted by Crippen LogP contribution is -2.51. The van der Waals surface area contributed by atoms with Crippen molar-refractivity contribution in [2.45, 2.75) is 260 Å². The van der Waals surface area contributed by atoms with Crippen molar-refractivity contribution in [3.05, 3.63) is 23.8 Å². The summed E-state index contributed by atoms with van der Waals surface area (Å²) >= 11 is 0. The van der Waals surface area contributed by atoms with Crippen LogP contribution in [-0.4, -0.2) is 12.1 Å². The Labute approximate surface area is 350 Å². The van der Waals surface area contributed by atoms with Gasteiger partial charge in [0.25, 0.3) is 0 Å². The Bertz CT molecular complexity index is 1130. The second-order valence-corrected chi connectivity index (χ2v) is 21.1. The number of unbranched alkanes of at least 4 members (excludes halogenated alkanes) is 21. The smallest absolute Gasteiger partial charge is 0.306 e. The van der Waals surface area contributed by atoms with E-state index in [0.29, 0.717) is 29.1 Å². The third kappa shape index (κ3) is 14.3. The number of carbonyl (C=O) groups is 1. The molecule has 0 N–H and O–H groups in total. The SMILES string of the molecule is CCCCCCCCCCCCCCCCCCCCCCCCC(=O)OC1CCC2(C)C(=CCC3C2CCC2(C)C(C(C)/C=C/C(CC)C(C)C)CCC32)C1. The number of ether oxygens (including phenoxy) is 1. The number of hydrogen-bond donors (Lipinski definition) is 0. The van der Waals surface area contributed by atoms with Gasteiger partial charge in [0.15, 0.2) is 0 Å². The van der Waals surface area contributed by atoms with Gasteiger partial charge in [0, 0.05) is 12.8 Å². The summed E-state index contributed by atoms with van der Waals surface area (Å²) in [6.45, 7) is 17.2. The van der Waals surface area contributed by atoms with Gasteiger partial charge in [-0.25, -0.2) is 0 Å². The van der Waals surface area contributed by atoms with Crippen molar-refractivity contribution in [1.29, 1.82) is 0 Å². The summed E-state index contributed by atoms with van der Waals surface area (Å²) in [5, 5.41) is 0.